The Kier molecular flexibility index (Phi) is 4.40. The highest BCUT2D eigenvalue weighted by molar-refractivity contribution is 6.54. The van der Waals surface area contributed by atoms with Gasteiger partial charge in [-0.2, -0.15) is 0 Å². The molecule has 0 radical (unpaired) electrons. The lowest BCUT2D eigenvalue weighted by atomic mass is 9.87. The fourth-order valence-corrected chi connectivity index (χ4v) is 2.62. The van der Waals surface area contributed by atoms with Gasteiger partial charge in [0.15, 0.2) is 11.5 Å². The van der Waals surface area contributed by atoms with E-state index in [4.69, 9.17) is 18.8 Å². The Hall–Kier alpha value is -1.53. The molecule has 1 fully saturated rings. The van der Waals surface area contributed by atoms with Crippen molar-refractivity contribution in [2.24, 2.45) is 5.41 Å². The van der Waals surface area contributed by atoms with Crippen molar-refractivity contribution in [2.75, 3.05) is 13.2 Å². The molecule has 2 aliphatic heterocycles. The van der Waals surface area contributed by atoms with Crippen molar-refractivity contribution in [3.63, 3.8) is 0 Å². The average molecular weight is 348 g/mol. The molecule has 25 heavy (non-hydrogen) atoms. The quantitative estimate of drug-likeness (QED) is 0.741. The Balaban J connectivity index is 1.80. The lowest BCUT2D eigenvalue weighted by molar-refractivity contribution is 0.00578. The third kappa shape index (κ3) is 3.70. The minimum absolute atomic E-state index is 0.0665. The summed E-state index contributed by atoms with van der Waals surface area (Å²) in [5.74, 6) is 1.31. The Morgan fingerprint density at radius 3 is 2.12 bits per heavy atom. The van der Waals surface area contributed by atoms with Crippen molar-refractivity contribution in [1.82, 2.24) is 0 Å². The van der Waals surface area contributed by atoms with E-state index < -0.39 is 24.0 Å². The standard InChI is InChI=1S/C19H26BFO4/c1-17(2)11-22-14-8-7-13(9-15(14)23-12-17)10-16(21)20-24-18(3,4)19(5,6)25-20/h7-10H,11-12H2,1-6H3. The van der Waals surface area contributed by atoms with Gasteiger partial charge in [-0.3, -0.25) is 0 Å². The third-order valence-electron chi connectivity index (χ3n) is 4.99. The van der Waals surface area contributed by atoms with Gasteiger partial charge in [0, 0.05) is 5.41 Å². The molecule has 2 aliphatic rings. The van der Waals surface area contributed by atoms with E-state index in [0.29, 0.717) is 30.3 Å². The Morgan fingerprint density at radius 2 is 1.52 bits per heavy atom. The summed E-state index contributed by atoms with van der Waals surface area (Å²) in [5, 5.41) is 0. The Bertz CT molecular complexity index is 681. The van der Waals surface area contributed by atoms with Gasteiger partial charge in [0.05, 0.1) is 24.4 Å². The predicted molar refractivity (Wildman–Crippen MR) is 96.4 cm³/mol. The first-order valence-electron chi connectivity index (χ1n) is 8.62. The van der Waals surface area contributed by atoms with Crippen LogP contribution in [0.15, 0.2) is 23.9 Å². The number of halogens is 1. The normalized spacial score (nSPS) is 24.1. The fourth-order valence-electron chi connectivity index (χ4n) is 2.62. The first-order valence-corrected chi connectivity index (χ1v) is 8.62. The van der Waals surface area contributed by atoms with Crippen LogP contribution in [0, 0.1) is 5.41 Å². The van der Waals surface area contributed by atoms with Crippen molar-refractivity contribution >= 4 is 13.2 Å². The van der Waals surface area contributed by atoms with Crippen LogP contribution in [0.4, 0.5) is 4.39 Å². The second-order valence-electron chi connectivity index (χ2n) is 8.57. The number of hydrogen-bond acceptors (Lipinski definition) is 4. The maximum atomic E-state index is 14.7. The zero-order valence-electron chi connectivity index (χ0n) is 15.8. The number of ether oxygens (including phenoxy) is 2. The summed E-state index contributed by atoms with van der Waals surface area (Å²) < 4.78 is 37.8. The zero-order chi connectivity index (χ0) is 18.5. The summed E-state index contributed by atoms with van der Waals surface area (Å²) in [7, 11) is -1.00. The highest BCUT2D eigenvalue weighted by atomic mass is 19.1. The van der Waals surface area contributed by atoms with Crippen LogP contribution in [-0.2, 0) is 9.31 Å². The summed E-state index contributed by atoms with van der Waals surface area (Å²) in [6, 6.07) is 5.38. The van der Waals surface area contributed by atoms with E-state index >= 15 is 0 Å². The average Bonchev–Trinajstić information content (AvgIpc) is 2.63. The van der Waals surface area contributed by atoms with Crippen molar-refractivity contribution in [3.05, 3.63) is 29.5 Å². The number of fused-ring (bicyclic) bond motifs is 1. The van der Waals surface area contributed by atoms with Crippen LogP contribution in [-0.4, -0.2) is 31.5 Å². The molecule has 0 aliphatic carbocycles. The molecule has 6 heteroatoms. The van der Waals surface area contributed by atoms with Gasteiger partial charge >= 0.3 is 7.12 Å². The van der Waals surface area contributed by atoms with Gasteiger partial charge in [0.25, 0.3) is 0 Å². The number of benzene rings is 1. The fraction of sp³-hybridized carbons (Fsp3) is 0.579. The first-order chi connectivity index (χ1) is 11.5. The highest BCUT2D eigenvalue weighted by Crippen LogP contribution is 2.39. The molecule has 0 amide bonds. The van der Waals surface area contributed by atoms with Crippen LogP contribution in [0.25, 0.3) is 6.08 Å². The zero-order valence-corrected chi connectivity index (χ0v) is 15.8. The lowest BCUT2D eigenvalue weighted by Crippen LogP contribution is -2.41. The minimum atomic E-state index is -1.00. The molecule has 1 aromatic carbocycles. The van der Waals surface area contributed by atoms with E-state index in [1.165, 1.54) is 6.08 Å². The molecule has 4 nitrogen and oxygen atoms in total. The predicted octanol–water partition coefficient (Wildman–Crippen LogP) is 4.43. The molecular weight excluding hydrogens is 322 g/mol. The second kappa shape index (κ2) is 6.03. The smallest absolute Gasteiger partial charge is 0.489 e. The second-order valence-corrected chi connectivity index (χ2v) is 8.57. The van der Waals surface area contributed by atoms with Crippen molar-refractivity contribution in [3.8, 4) is 11.5 Å². The van der Waals surface area contributed by atoms with E-state index in [1.807, 2.05) is 27.7 Å². The van der Waals surface area contributed by atoms with Crippen molar-refractivity contribution < 1.29 is 23.2 Å². The molecular formula is C19H26BFO4. The van der Waals surface area contributed by atoms with Crippen LogP contribution >= 0.6 is 0 Å². The summed E-state index contributed by atoms with van der Waals surface area (Å²) >= 11 is 0. The van der Waals surface area contributed by atoms with Crippen LogP contribution in [0.5, 0.6) is 11.5 Å². The van der Waals surface area contributed by atoms with Gasteiger partial charge in [-0.05, 0) is 51.5 Å². The van der Waals surface area contributed by atoms with E-state index in [9.17, 15) is 4.39 Å². The molecule has 0 atom stereocenters. The van der Waals surface area contributed by atoms with E-state index in [2.05, 4.69) is 13.8 Å². The maximum absolute atomic E-state index is 14.7. The molecule has 136 valence electrons. The number of rotatable bonds is 2. The minimum Gasteiger partial charge on any atom is -0.489 e. The Labute approximate surface area is 149 Å². The SMILES string of the molecule is CC1(C)COc2ccc(C=C(F)B3OC(C)(C)C(C)(C)O3)cc2OC1. The summed E-state index contributed by atoms with van der Waals surface area (Å²) in [6.45, 7) is 12.9. The van der Waals surface area contributed by atoms with Gasteiger partial charge in [-0.1, -0.05) is 19.9 Å². The van der Waals surface area contributed by atoms with Gasteiger partial charge in [0.2, 0.25) is 0 Å². The highest BCUT2D eigenvalue weighted by Gasteiger charge is 2.53. The van der Waals surface area contributed by atoms with Gasteiger partial charge in [-0.15, -0.1) is 0 Å². The molecule has 0 N–H and O–H groups in total. The van der Waals surface area contributed by atoms with Gasteiger partial charge < -0.3 is 18.8 Å². The van der Waals surface area contributed by atoms with Crippen LogP contribution in [0.2, 0.25) is 0 Å². The molecule has 0 aromatic heterocycles. The van der Waals surface area contributed by atoms with Crippen molar-refractivity contribution in [2.45, 2.75) is 52.7 Å². The molecule has 1 aromatic rings. The first kappa shape index (κ1) is 18.3. The molecule has 2 heterocycles. The van der Waals surface area contributed by atoms with E-state index in [-0.39, 0.29) is 5.41 Å². The van der Waals surface area contributed by atoms with Crippen LogP contribution < -0.4 is 9.47 Å². The lowest BCUT2D eigenvalue weighted by Gasteiger charge is -2.32. The summed E-state index contributed by atoms with van der Waals surface area (Å²) in [4.78, 5) is 0. The molecule has 1 saturated heterocycles. The van der Waals surface area contributed by atoms with Gasteiger partial charge in [-0.25, -0.2) is 4.39 Å². The number of hydrogen-bond donors (Lipinski definition) is 0. The topological polar surface area (TPSA) is 36.9 Å². The third-order valence-corrected chi connectivity index (χ3v) is 4.99. The molecule has 0 unspecified atom stereocenters. The van der Waals surface area contributed by atoms with E-state index in [1.54, 1.807) is 18.2 Å². The van der Waals surface area contributed by atoms with Crippen LogP contribution in [0.1, 0.15) is 47.1 Å². The monoisotopic (exact) mass is 348 g/mol. The summed E-state index contributed by atoms with van der Waals surface area (Å²) in [6.07, 6.45) is 1.42. The molecule has 0 spiro atoms. The van der Waals surface area contributed by atoms with E-state index in [0.717, 1.165) is 0 Å². The summed E-state index contributed by atoms with van der Waals surface area (Å²) in [5.41, 5.74) is -0.996. The maximum Gasteiger partial charge on any atom is 0.525 e. The van der Waals surface area contributed by atoms with Crippen LogP contribution in [0.3, 0.4) is 0 Å². The Morgan fingerprint density at radius 1 is 0.960 bits per heavy atom. The van der Waals surface area contributed by atoms with Gasteiger partial charge in [0.1, 0.15) is 5.73 Å². The van der Waals surface area contributed by atoms with Crippen molar-refractivity contribution in [1.29, 1.82) is 0 Å². The molecule has 0 saturated carbocycles. The molecule has 0 bridgehead atoms. The molecule has 3 rings (SSSR count). The largest absolute Gasteiger partial charge is 0.525 e.